The molecule has 0 unspecified atom stereocenters. The van der Waals surface area contributed by atoms with Crippen molar-refractivity contribution in [1.29, 1.82) is 0 Å². The van der Waals surface area contributed by atoms with Gasteiger partial charge in [0.1, 0.15) is 5.75 Å². The van der Waals surface area contributed by atoms with E-state index in [0.717, 1.165) is 24.4 Å². The van der Waals surface area contributed by atoms with Crippen LogP contribution in [0.3, 0.4) is 0 Å². The first-order chi connectivity index (χ1) is 11.6. The molecule has 0 spiro atoms. The molecule has 1 aromatic heterocycles. The number of hydrogen-bond donors (Lipinski definition) is 0. The highest BCUT2D eigenvalue weighted by Gasteiger charge is 2.37. The second kappa shape index (κ2) is 7.36. The molecular weight excluding hydrogens is 320 g/mol. The minimum atomic E-state index is 0.219. The lowest BCUT2D eigenvalue weighted by atomic mass is 9.93. The van der Waals surface area contributed by atoms with E-state index in [0.29, 0.717) is 18.4 Å². The molecule has 24 heavy (non-hydrogen) atoms. The van der Waals surface area contributed by atoms with Crippen LogP contribution in [0.25, 0.3) is 0 Å². The van der Waals surface area contributed by atoms with Gasteiger partial charge in [0.15, 0.2) is 0 Å². The van der Waals surface area contributed by atoms with Gasteiger partial charge in [0.25, 0.3) is 0 Å². The molecule has 0 N–H and O–H groups in total. The normalized spacial score (nSPS) is 20.6. The molecule has 1 amide bonds. The molecular formula is C19H24N2O2S. The highest BCUT2D eigenvalue weighted by atomic mass is 32.1. The molecule has 128 valence electrons. The summed E-state index contributed by atoms with van der Waals surface area (Å²) in [4.78, 5) is 16.9. The lowest BCUT2D eigenvalue weighted by Crippen LogP contribution is -2.36. The van der Waals surface area contributed by atoms with Crippen molar-refractivity contribution in [1.82, 2.24) is 9.80 Å². The maximum atomic E-state index is 12.7. The number of hydrogen-bond acceptors (Lipinski definition) is 4. The second-order valence-corrected chi connectivity index (χ2v) is 7.30. The lowest BCUT2D eigenvalue weighted by Gasteiger charge is -2.25. The van der Waals surface area contributed by atoms with Crippen molar-refractivity contribution in [2.45, 2.75) is 18.4 Å². The summed E-state index contributed by atoms with van der Waals surface area (Å²) in [6.45, 7) is 1.56. The summed E-state index contributed by atoms with van der Waals surface area (Å²) in [5, 5.41) is 4.08. The average molecular weight is 344 g/mol. The summed E-state index contributed by atoms with van der Waals surface area (Å²) in [7, 11) is 5.86. The Morgan fingerprint density at radius 2 is 2.00 bits per heavy atom. The van der Waals surface area contributed by atoms with E-state index in [1.165, 1.54) is 5.56 Å². The van der Waals surface area contributed by atoms with E-state index < -0.39 is 0 Å². The summed E-state index contributed by atoms with van der Waals surface area (Å²) in [5.74, 6) is 1.41. The zero-order valence-corrected chi connectivity index (χ0v) is 15.3. The number of carbonyl (C=O) groups is 1. The third-order valence-corrected chi connectivity index (χ3v) is 5.52. The van der Waals surface area contributed by atoms with Crippen LogP contribution in [0.1, 0.15) is 17.0 Å². The smallest absolute Gasteiger partial charge is 0.227 e. The number of benzene rings is 1. The van der Waals surface area contributed by atoms with Crippen LogP contribution < -0.4 is 4.74 Å². The first kappa shape index (κ1) is 17.0. The first-order valence-electron chi connectivity index (χ1n) is 8.17. The minimum absolute atomic E-state index is 0.219. The quantitative estimate of drug-likeness (QED) is 0.836. The minimum Gasteiger partial charge on any atom is -0.497 e. The monoisotopic (exact) mass is 344 g/mol. The van der Waals surface area contributed by atoms with Gasteiger partial charge < -0.3 is 14.5 Å². The summed E-state index contributed by atoms with van der Waals surface area (Å²) < 4.78 is 5.25. The van der Waals surface area contributed by atoms with Gasteiger partial charge in [0.05, 0.1) is 13.5 Å². The van der Waals surface area contributed by atoms with Crippen molar-refractivity contribution in [2.24, 2.45) is 0 Å². The van der Waals surface area contributed by atoms with E-state index in [1.54, 1.807) is 18.4 Å². The van der Waals surface area contributed by atoms with E-state index in [9.17, 15) is 4.79 Å². The summed E-state index contributed by atoms with van der Waals surface area (Å²) >= 11 is 1.64. The highest BCUT2D eigenvalue weighted by molar-refractivity contribution is 7.08. The van der Waals surface area contributed by atoms with Crippen LogP contribution in [0.5, 0.6) is 5.75 Å². The molecule has 1 aliphatic heterocycles. The molecule has 2 atom stereocenters. The van der Waals surface area contributed by atoms with Crippen LogP contribution in [0.2, 0.25) is 0 Å². The van der Waals surface area contributed by atoms with E-state index in [-0.39, 0.29) is 5.91 Å². The van der Waals surface area contributed by atoms with Gasteiger partial charge in [-0.15, -0.1) is 0 Å². The topological polar surface area (TPSA) is 32.8 Å². The Kier molecular flexibility index (Phi) is 5.21. The fraction of sp³-hybridized carbons (Fsp3) is 0.421. The molecule has 0 radical (unpaired) electrons. The number of thiophene rings is 1. The number of amides is 1. The number of likely N-dealkylation sites (N-methyl/N-ethyl adjacent to an activating group) is 1. The van der Waals surface area contributed by atoms with E-state index in [4.69, 9.17) is 4.74 Å². The largest absolute Gasteiger partial charge is 0.497 e. The Morgan fingerprint density at radius 3 is 2.58 bits per heavy atom. The van der Waals surface area contributed by atoms with Crippen LogP contribution in [-0.4, -0.2) is 56.0 Å². The van der Waals surface area contributed by atoms with Gasteiger partial charge in [-0.05, 0) is 54.2 Å². The zero-order chi connectivity index (χ0) is 17.1. The summed E-state index contributed by atoms with van der Waals surface area (Å²) in [6.07, 6.45) is 0.499. The Morgan fingerprint density at radius 1 is 1.25 bits per heavy atom. The van der Waals surface area contributed by atoms with Gasteiger partial charge in [-0.2, -0.15) is 11.3 Å². The molecule has 1 aromatic carbocycles. The number of carbonyl (C=O) groups excluding carboxylic acids is 1. The molecule has 2 aromatic rings. The van der Waals surface area contributed by atoms with Gasteiger partial charge in [0, 0.05) is 25.0 Å². The fourth-order valence-electron chi connectivity index (χ4n) is 3.37. The van der Waals surface area contributed by atoms with Gasteiger partial charge >= 0.3 is 0 Å². The van der Waals surface area contributed by atoms with Gasteiger partial charge in [0.2, 0.25) is 5.91 Å². The third kappa shape index (κ3) is 3.62. The molecule has 0 saturated carbocycles. The van der Waals surface area contributed by atoms with Crippen LogP contribution in [0.15, 0.2) is 41.1 Å². The summed E-state index contributed by atoms with van der Waals surface area (Å²) in [5.41, 5.74) is 2.37. The van der Waals surface area contributed by atoms with E-state index in [1.807, 2.05) is 28.5 Å². The Labute approximate surface area is 147 Å². The SMILES string of the molecule is COc1ccc([C@@H]2CN(C(=O)Cc3ccsc3)C[C@H]2N(C)C)cc1. The predicted molar refractivity (Wildman–Crippen MR) is 97.8 cm³/mol. The van der Waals surface area contributed by atoms with Crippen molar-refractivity contribution in [3.05, 3.63) is 52.2 Å². The van der Waals surface area contributed by atoms with Crippen LogP contribution in [0.4, 0.5) is 0 Å². The zero-order valence-electron chi connectivity index (χ0n) is 14.4. The number of likely N-dealkylation sites (tertiary alicyclic amines) is 1. The Balaban J connectivity index is 1.74. The van der Waals surface area contributed by atoms with Crippen LogP contribution >= 0.6 is 11.3 Å². The molecule has 0 bridgehead atoms. The molecule has 1 aliphatic rings. The maximum Gasteiger partial charge on any atom is 0.227 e. The molecule has 5 heteroatoms. The number of rotatable bonds is 5. The van der Waals surface area contributed by atoms with Gasteiger partial charge in [-0.3, -0.25) is 4.79 Å². The highest BCUT2D eigenvalue weighted by Crippen LogP contribution is 2.31. The standard InChI is InChI=1S/C19H24N2O2S/c1-20(2)18-12-21(19(22)10-14-8-9-24-13-14)11-17(18)15-4-6-16(23-3)7-5-15/h4-9,13,17-18H,10-12H2,1-3H3/t17-,18+/m0/s1. The van der Waals surface area contributed by atoms with Crippen molar-refractivity contribution >= 4 is 17.2 Å². The molecule has 3 rings (SSSR count). The van der Waals surface area contributed by atoms with Crippen molar-refractivity contribution in [3.8, 4) is 5.75 Å². The number of nitrogens with zero attached hydrogens (tertiary/aromatic N) is 2. The Hall–Kier alpha value is -1.85. The molecule has 0 aliphatic carbocycles. The first-order valence-corrected chi connectivity index (χ1v) is 9.12. The van der Waals surface area contributed by atoms with Crippen molar-refractivity contribution in [2.75, 3.05) is 34.3 Å². The summed E-state index contributed by atoms with van der Waals surface area (Å²) in [6, 6.07) is 10.6. The van der Waals surface area contributed by atoms with E-state index in [2.05, 4.69) is 36.5 Å². The van der Waals surface area contributed by atoms with Gasteiger partial charge in [-0.1, -0.05) is 12.1 Å². The maximum absolute atomic E-state index is 12.7. The number of methoxy groups -OCH3 is 1. The van der Waals surface area contributed by atoms with Crippen molar-refractivity contribution in [3.63, 3.8) is 0 Å². The lowest BCUT2D eigenvalue weighted by molar-refractivity contribution is -0.129. The molecule has 1 saturated heterocycles. The van der Waals surface area contributed by atoms with Crippen molar-refractivity contribution < 1.29 is 9.53 Å². The number of ether oxygens (including phenoxy) is 1. The van der Waals surface area contributed by atoms with Gasteiger partial charge in [-0.25, -0.2) is 0 Å². The second-order valence-electron chi connectivity index (χ2n) is 6.52. The molecule has 2 heterocycles. The average Bonchev–Trinajstić information content (AvgIpc) is 3.24. The predicted octanol–water partition coefficient (Wildman–Crippen LogP) is 2.86. The molecule has 4 nitrogen and oxygen atoms in total. The third-order valence-electron chi connectivity index (χ3n) is 4.78. The van der Waals surface area contributed by atoms with E-state index >= 15 is 0 Å². The molecule has 1 fully saturated rings. The van der Waals surface area contributed by atoms with Crippen LogP contribution in [-0.2, 0) is 11.2 Å². The fourth-order valence-corrected chi connectivity index (χ4v) is 4.04. The Bertz CT molecular complexity index is 667. The van der Waals surface area contributed by atoms with Crippen LogP contribution in [0, 0.1) is 0 Å².